The molecule has 3 heterocycles. The maximum Gasteiger partial charge on any atom is 0.147 e. The topological polar surface area (TPSA) is 35.0 Å². The molecule has 0 N–H and O–H groups in total. The first-order chi connectivity index (χ1) is 8.72. The molecule has 1 saturated carbocycles. The summed E-state index contributed by atoms with van der Waals surface area (Å²) in [6, 6.07) is 0. The fourth-order valence-electron chi connectivity index (χ4n) is 3.16. The summed E-state index contributed by atoms with van der Waals surface area (Å²) in [5.74, 6) is 1.84. The molecular weight excluding hydrogens is 316 g/mol. The van der Waals surface area contributed by atoms with E-state index < -0.39 is 0 Å². The van der Waals surface area contributed by atoms with Crippen LogP contribution in [0.1, 0.15) is 55.5 Å². The summed E-state index contributed by atoms with van der Waals surface area (Å²) in [5.41, 5.74) is 1.10. The summed E-state index contributed by atoms with van der Waals surface area (Å²) in [6.45, 7) is 0. The molecule has 0 aromatic carbocycles. The van der Waals surface area contributed by atoms with E-state index >= 15 is 0 Å². The van der Waals surface area contributed by atoms with E-state index in [1.165, 1.54) is 19.3 Å². The summed E-state index contributed by atoms with van der Waals surface area (Å²) in [6.07, 6.45) is 6.59. The van der Waals surface area contributed by atoms with Crippen LogP contribution in [0.2, 0.25) is 5.15 Å². The largest absolute Gasteiger partial charge is 0.374 e. The fraction of sp³-hybridized carbons (Fsp3) is 0.692. The number of aromatic nitrogens is 2. The van der Waals surface area contributed by atoms with Gasteiger partial charge in [-0.2, -0.15) is 0 Å². The Morgan fingerprint density at radius 1 is 1.17 bits per heavy atom. The van der Waals surface area contributed by atoms with Crippen LogP contribution < -0.4 is 0 Å². The molecule has 1 aliphatic carbocycles. The van der Waals surface area contributed by atoms with Crippen molar-refractivity contribution in [3.63, 3.8) is 0 Å². The first-order valence-electron chi connectivity index (χ1n) is 6.60. The molecule has 3 nitrogen and oxygen atoms in total. The van der Waals surface area contributed by atoms with Gasteiger partial charge in [0.2, 0.25) is 0 Å². The molecule has 0 radical (unpaired) electrons. The zero-order valence-electron chi connectivity index (χ0n) is 9.90. The number of hydrogen-bond acceptors (Lipinski definition) is 3. The van der Waals surface area contributed by atoms with Crippen LogP contribution in [-0.2, 0) is 4.74 Å². The van der Waals surface area contributed by atoms with Crippen molar-refractivity contribution in [1.82, 2.24) is 9.97 Å². The summed E-state index contributed by atoms with van der Waals surface area (Å²) < 4.78 is 6.78. The molecule has 0 spiro atoms. The molecule has 1 aromatic rings. The van der Waals surface area contributed by atoms with Gasteiger partial charge in [-0.15, -0.1) is 0 Å². The lowest BCUT2D eigenvalue weighted by molar-refractivity contribution is 0.0998. The number of rotatable bonds is 2. The van der Waals surface area contributed by atoms with Crippen LogP contribution in [0, 0.1) is 0 Å². The first kappa shape index (κ1) is 11.6. The highest BCUT2D eigenvalue weighted by atomic mass is 79.9. The second-order valence-corrected chi connectivity index (χ2v) is 6.71. The minimum Gasteiger partial charge on any atom is -0.374 e. The molecule has 1 aromatic heterocycles. The van der Waals surface area contributed by atoms with Crippen LogP contribution in [-0.4, -0.2) is 22.2 Å². The van der Waals surface area contributed by atoms with Crippen LogP contribution in [0.25, 0.3) is 0 Å². The van der Waals surface area contributed by atoms with E-state index in [4.69, 9.17) is 21.3 Å². The fourth-order valence-corrected chi connectivity index (χ4v) is 3.84. The molecule has 2 aliphatic heterocycles. The second kappa shape index (κ2) is 4.15. The van der Waals surface area contributed by atoms with E-state index in [1.54, 1.807) is 0 Å². The molecule has 3 aliphatic rings. The highest BCUT2D eigenvalue weighted by molar-refractivity contribution is 9.10. The van der Waals surface area contributed by atoms with Gasteiger partial charge in [0.1, 0.15) is 11.0 Å². The molecule has 3 unspecified atom stereocenters. The number of fused-ring (bicyclic) bond motifs is 2. The maximum atomic E-state index is 6.23. The van der Waals surface area contributed by atoms with Gasteiger partial charge in [0.25, 0.3) is 0 Å². The van der Waals surface area contributed by atoms with Crippen LogP contribution in [0.4, 0.5) is 0 Å². The molecule has 2 bridgehead atoms. The Morgan fingerprint density at radius 3 is 2.61 bits per heavy atom. The van der Waals surface area contributed by atoms with Crippen LogP contribution >= 0.6 is 27.5 Å². The monoisotopic (exact) mass is 328 g/mol. The Morgan fingerprint density at radius 2 is 2.00 bits per heavy atom. The summed E-state index contributed by atoms with van der Waals surface area (Å²) in [5, 5.41) is 0.560. The van der Waals surface area contributed by atoms with Gasteiger partial charge in [0.15, 0.2) is 0 Å². The summed E-state index contributed by atoms with van der Waals surface area (Å²) in [4.78, 5) is 9.25. The van der Waals surface area contributed by atoms with Gasteiger partial charge in [-0.1, -0.05) is 11.6 Å². The third kappa shape index (κ3) is 1.81. The Labute approximate surface area is 119 Å². The number of nitrogens with zero attached hydrogens (tertiary/aromatic N) is 2. The lowest BCUT2D eigenvalue weighted by Crippen LogP contribution is -2.18. The summed E-state index contributed by atoms with van der Waals surface area (Å²) >= 11 is 9.75. The highest BCUT2D eigenvalue weighted by Gasteiger charge is 2.43. The zero-order valence-corrected chi connectivity index (χ0v) is 12.2. The minimum atomic E-state index is 0.319. The van der Waals surface area contributed by atoms with Crippen molar-refractivity contribution < 1.29 is 4.74 Å². The molecule has 18 heavy (non-hydrogen) atoms. The lowest BCUT2D eigenvalue weighted by Gasteiger charge is -2.18. The average Bonchev–Trinajstić information content (AvgIpc) is 2.99. The Kier molecular flexibility index (Phi) is 2.68. The van der Waals surface area contributed by atoms with Gasteiger partial charge in [-0.25, -0.2) is 9.97 Å². The predicted octanol–water partition coefficient (Wildman–Crippen LogP) is 3.80. The molecule has 4 rings (SSSR count). The van der Waals surface area contributed by atoms with E-state index in [0.717, 1.165) is 28.8 Å². The molecule has 96 valence electrons. The SMILES string of the molecule is Clc1nc(C2CC3CCC2O3)nc(C2CC2)c1Br. The van der Waals surface area contributed by atoms with Gasteiger partial charge >= 0.3 is 0 Å². The van der Waals surface area contributed by atoms with Gasteiger partial charge in [0, 0.05) is 11.8 Å². The predicted molar refractivity (Wildman–Crippen MR) is 72.0 cm³/mol. The van der Waals surface area contributed by atoms with Crippen molar-refractivity contribution >= 4 is 27.5 Å². The minimum absolute atomic E-state index is 0.319. The number of hydrogen-bond donors (Lipinski definition) is 0. The van der Waals surface area contributed by atoms with Gasteiger partial charge in [0.05, 0.1) is 22.4 Å². The molecule has 3 atom stereocenters. The average molecular weight is 330 g/mol. The molecule has 5 heteroatoms. The quantitative estimate of drug-likeness (QED) is 0.774. The van der Waals surface area contributed by atoms with Crippen LogP contribution in [0.3, 0.4) is 0 Å². The smallest absolute Gasteiger partial charge is 0.147 e. The van der Waals surface area contributed by atoms with Crippen LogP contribution in [0.5, 0.6) is 0 Å². The third-order valence-corrected chi connectivity index (χ3v) is 5.54. The van der Waals surface area contributed by atoms with E-state index in [0.29, 0.717) is 29.2 Å². The third-order valence-electron chi connectivity index (χ3n) is 4.26. The van der Waals surface area contributed by atoms with E-state index in [1.807, 2.05) is 0 Å². The lowest BCUT2D eigenvalue weighted by atomic mass is 9.88. The van der Waals surface area contributed by atoms with Gasteiger partial charge < -0.3 is 4.74 Å². The normalized spacial score (nSPS) is 34.2. The van der Waals surface area contributed by atoms with Gasteiger partial charge in [-0.05, 0) is 48.0 Å². The van der Waals surface area contributed by atoms with E-state index in [-0.39, 0.29) is 0 Å². The standard InChI is InChI=1S/C13H14BrClN2O/c14-10-11(6-1-2-6)16-13(17-12(10)15)8-5-7-3-4-9(8)18-7/h6-9H,1-5H2. The molecular formula is C13H14BrClN2O. The number of ether oxygens (including phenoxy) is 1. The van der Waals surface area contributed by atoms with Crippen molar-refractivity contribution in [2.45, 2.75) is 56.1 Å². The highest BCUT2D eigenvalue weighted by Crippen LogP contribution is 2.47. The van der Waals surface area contributed by atoms with Crippen molar-refractivity contribution in [3.8, 4) is 0 Å². The van der Waals surface area contributed by atoms with Crippen molar-refractivity contribution in [2.75, 3.05) is 0 Å². The first-order valence-corrected chi connectivity index (χ1v) is 7.77. The van der Waals surface area contributed by atoms with Crippen molar-refractivity contribution in [2.24, 2.45) is 0 Å². The Bertz CT molecular complexity index is 506. The Hall–Kier alpha value is -0.190. The number of halogens is 2. The van der Waals surface area contributed by atoms with Crippen molar-refractivity contribution in [1.29, 1.82) is 0 Å². The van der Waals surface area contributed by atoms with Crippen molar-refractivity contribution in [3.05, 3.63) is 21.1 Å². The second-order valence-electron chi connectivity index (χ2n) is 5.56. The summed E-state index contributed by atoms with van der Waals surface area (Å²) in [7, 11) is 0. The molecule has 3 fully saturated rings. The van der Waals surface area contributed by atoms with Gasteiger partial charge in [-0.3, -0.25) is 0 Å². The molecule has 0 amide bonds. The van der Waals surface area contributed by atoms with E-state index in [9.17, 15) is 0 Å². The van der Waals surface area contributed by atoms with Crippen LogP contribution in [0.15, 0.2) is 4.47 Å². The Balaban J connectivity index is 1.72. The zero-order chi connectivity index (χ0) is 12.3. The maximum absolute atomic E-state index is 6.23. The molecule has 2 saturated heterocycles. The van der Waals surface area contributed by atoms with E-state index in [2.05, 4.69) is 20.9 Å².